The first-order chi connectivity index (χ1) is 25.4. The summed E-state index contributed by atoms with van der Waals surface area (Å²) in [6.07, 6.45) is 16.9. The monoisotopic (exact) mass is 753 g/mol. The number of carboxylic acid groups (broad SMARTS) is 2. The molecule has 306 valence electrons. The number of benzene rings is 1. The highest BCUT2D eigenvalue weighted by Gasteiger charge is 2.34. The minimum absolute atomic E-state index is 0.0593. The summed E-state index contributed by atoms with van der Waals surface area (Å²) >= 11 is 0. The van der Waals surface area contributed by atoms with Crippen molar-refractivity contribution in [2.45, 2.75) is 144 Å². The van der Waals surface area contributed by atoms with Gasteiger partial charge in [0.1, 0.15) is 13.2 Å². The Bertz CT molecular complexity index is 1060. The Kier molecular flexibility index (Phi) is 27.2. The molecule has 0 saturated carbocycles. The van der Waals surface area contributed by atoms with Crippen LogP contribution in [0.1, 0.15) is 169 Å². The number of carbonyl (C=O) groups is 3. The van der Waals surface area contributed by atoms with Gasteiger partial charge in [0.05, 0.1) is 56.3 Å². The van der Waals surface area contributed by atoms with Crippen LogP contribution < -0.4 is 0 Å². The molecule has 0 fully saturated rings. The molecule has 0 atom stereocenters. The van der Waals surface area contributed by atoms with E-state index in [1.54, 1.807) is 0 Å². The molecular formula is C42H72O11. The van der Waals surface area contributed by atoms with E-state index in [0.717, 1.165) is 56.7 Å². The van der Waals surface area contributed by atoms with Crippen LogP contribution in [0.5, 0.6) is 0 Å². The molecule has 2 N–H and O–H groups in total. The highest BCUT2D eigenvalue weighted by atomic mass is 16.9. The number of hydrogen-bond acceptors (Lipinski definition) is 9. The summed E-state index contributed by atoms with van der Waals surface area (Å²) in [6.45, 7) is 15.5. The van der Waals surface area contributed by atoms with E-state index < -0.39 is 29.4 Å². The van der Waals surface area contributed by atoms with E-state index in [2.05, 4.69) is 41.5 Å². The Morgan fingerprint density at radius 3 is 1.40 bits per heavy atom. The normalized spacial score (nSPS) is 11.9. The number of aromatic carboxylic acids is 2. The Labute approximate surface area is 319 Å². The van der Waals surface area contributed by atoms with E-state index >= 15 is 0 Å². The second-order valence-electron chi connectivity index (χ2n) is 15.2. The summed E-state index contributed by atoms with van der Waals surface area (Å²) in [7, 11) is 0. The Balaban J connectivity index is 2.71. The molecule has 0 amide bonds. The first-order valence-corrected chi connectivity index (χ1v) is 20.2. The number of carbonyl (C=O) groups excluding carboxylic acids is 1. The topological polar surface area (TPSA) is 147 Å². The largest absolute Gasteiger partial charge is 0.478 e. The van der Waals surface area contributed by atoms with Gasteiger partial charge >= 0.3 is 23.9 Å². The number of unbranched alkanes of at least 4 members (excludes halogenated alkanes) is 9. The molecule has 0 saturated heterocycles. The number of rotatable bonds is 35. The van der Waals surface area contributed by atoms with Crippen LogP contribution in [0.15, 0.2) is 18.2 Å². The molecule has 1 aromatic rings. The lowest BCUT2D eigenvalue weighted by Crippen LogP contribution is -2.45. The molecule has 11 nitrogen and oxygen atoms in total. The maximum atomic E-state index is 12.5. The number of hydrogen-bond donors (Lipinski definition) is 2. The predicted molar refractivity (Wildman–Crippen MR) is 207 cm³/mol. The van der Waals surface area contributed by atoms with E-state index in [-0.39, 0.29) is 44.2 Å². The molecule has 0 bridgehead atoms. The van der Waals surface area contributed by atoms with Gasteiger partial charge in [0.25, 0.3) is 0 Å². The van der Waals surface area contributed by atoms with Crippen molar-refractivity contribution < 1.29 is 53.0 Å². The fourth-order valence-corrected chi connectivity index (χ4v) is 5.68. The fourth-order valence-electron chi connectivity index (χ4n) is 5.68. The van der Waals surface area contributed by atoms with E-state index in [4.69, 9.17) is 33.5 Å². The van der Waals surface area contributed by atoms with Crippen LogP contribution in [0.25, 0.3) is 0 Å². The standard InChI is InChI=1S/C42H72O11/c1-33(2)19-13-7-10-16-24-51-42(52-25-17-11-8-14-20-34(3)4,53-26-18-12-9-15-21-35(5)6)32-49-28-27-48-29-30-50-41(47)37-23-22-36(39(43)44)31-38(37)40(45)46/h22-23,31,33-35H,7-21,24-30,32H2,1-6H3,(H,43,44)(H,45,46). The highest BCUT2D eigenvalue weighted by molar-refractivity contribution is 6.04. The number of esters is 1. The van der Waals surface area contributed by atoms with E-state index in [1.165, 1.54) is 57.8 Å². The summed E-state index contributed by atoms with van der Waals surface area (Å²) in [5.74, 6) is -2.76. The van der Waals surface area contributed by atoms with Crippen molar-refractivity contribution in [3.63, 3.8) is 0 Å². The Morgan fingerprint density at radius 1 is 0.528 bits per heavy atom. The van der Waals surface area contributed by atoms with Gasteiger partial charge in [-0.05, 0) is 55.2 Å². The lowest BCUT2D eigenvalue weighted by molar-refractivity contribution is -0.395. The molecule has 0 aliphatic carbocycles. The lowest BCUT2D eigenvalue weighted by atomic mass is 10.0. The summed E-state index contributed by atoms with van der Waals surface area (Å²) in [5, 5.41) is 18.6. The highest BCUT2D eigenvalue weighted by Crippen LogP contribution is 2.22. The van der Waals surface area contributed by atoms with Gasteiger partial charge in [-0.1, -0.05) is 119 Å². The average molecular weight is 753 g/mol. The van der Waals surface area contributed by atoms with Gasteiger partial charge in [0.15, 0.2) is 0 Å². The van der Waals surface area contributed by atoms with Crippen LogP contribution in [-0.4, -0.2) is 86.9 Å². The van der Waals surface area contributed by atoms with Gasteiger partial charge in [-0.3, -0.25) is 0 Å². The minimum atomic E-state index is -1.42. The first-order valence-electron chi connectivity index (χ1n) is 20.2. The van der Waals surface area contributed by atoms with Crippen molar-refractivity contribution in [1.29, 1.82) is 0 Å². The van der Waals surface area contributed by atoms with Gasteiger partial charge in [-0.15, -0.1) is 0 Å². The number of ether oxygens (including phenoxy) is 6. The summed E-state index contributed by atoms with van der Waals surface area (Å²) in [5.41, 5.74) is -0.912. The Hall–Kier alpha value is -2.57. The molecule has 0 aliphatic rings. The third kappa shape index (κ3) is 24.5. The predicted octanol–water partition coefficient (Wildman–Crippen LogP) is 9.80. The van der Waals surface area contributed by atoms with Crippen molar-refractivity contribution in [3.05, 3.63) is 34.9 Å². The van der Waals surface area contributed by atoms with Crippen LogP contribution in [0.2, 0.25) is 0 Å². The van der Waals surface area contributed by atoms with E-state index in [1.807, 2.05) is 0 Å². The van der Waals surface area contributed by atoms with Crippen molar-refractivity contribution >= 4 is 17.9 Å². The summed E-state index contributed by atoms with van der Waals surface area (Å²) < 4.78 is 36.0. The lowest BCUT2D eigenvalue weighted by Gasteiger charge is -2.33. The van der Waals surface area contributed by atoms with Gasteiger partial charge in [0.2, 0.25) is 0 Å². The molecule has 1 aromatic carbocycles. The molecule has 0 aromatic heterocycles. The van der Waals surface area contributed by atoms with Crippen LogP contribution >= 0.6 is 0 Å². The van der Waals surface area contributed by atoms with Crippen molar-refractivity contribution in [2.24, 2.45) is 17.8 Å². The van der Waals surface area contributed by atoms with Crippen molar-refractivity contribution in [1.82, 2.24) is 0 Å². The smallest absolute Gasteiger partial charge is 0.339 e. The van der Waals surface area contributed by atoms with Crippen LogP contribution in [-0.2, 0) is 28.4 Å². The fraction of sp³-hybridized carbons (Fsp3) is 0.786. The molecule has 0 aliphatic heterocycles. The third-order valence-corrected chi connectivity index (χ3v) is 8.82. The van der Waals surface area contributed by atoms with Gasteiger partial charge < -0.3 is 38.6 Å². The zero-order valence-corrected chi connectivity index (χ0v) is 33.8. The van der Waals surface area contributed by atoms with Crippen LogP contribution in [0.4, 0.5) is 0 Å². The molecule has 53 heavy (non-hydrogen) atoms. The SMILES string of the molecule is CC(C)CCCCCCOC(COCCOCCOC(=O)c1ccc(C(=O)O)cc1C(=O)O)(OCCCCCCC(C)C)OCCCCCCC(C)C. The first kappa shape index (κ1) is 48.4. The minimum Gasteiger partial charge on any atom is -0.478 e. The molecule has 0 heterocycles. The zero-order valence-electron chi connectivity index (χ0n) is 33.8. The zero-order chi connectivity index (χ0) is 39.3. The molecule has 0 spiro atoms. The molecule has 0 radical (unpaired) electrons. The van der Waals surface area contributed by atoms with Gasteiger partial charge in [-0.2, -0.15) is 0 Å². The molecule has 0 unspecified atom stereocenters. The van der Waals surface area contributed by atoms with E-state index in [9.17, 15) is 19.5 Å². The van der Waals surface area contributed by atoms with Crippen molar-refractivity contribution in [3.8, 4) is 0 Å². The van der Waals surface area contributed by atoms with Crippen LogP contribution in [0, 0.1) is 17.8 Å². The Morgan fingerprint density at radius 2 is 0.962 bits per heavy atom. The second kappa shape index (κ2) is 29.7. The van der Waals surface area contributed by atoms with Crippen molar-refractivity contribution in [2.75, 3.05) is 52.9 Å². The van der Waals surface area contributed by atoms with E-state index in [0.29, 0.717) is 37.6 Å². The molecular weight excluding hydrogens is 680 g/mol. The van der Waals surface area contributed by atoms with Gasteiger partial charge in [-0.25, -0.2) is 14.4 Å². The molecule has 1 rings (SSSR count). The molecule has 11 heteroatoms. The average Bonchev–Trinajstić information content (AvgIpc) is 3.10. The maximum Gasteiger partial charge on any atom is 0.339 e. The summed E-state index contributed by atoms with van der Waals surface area (Å²) in [4.78, 5) is 35.3. The maximum absolute atomic E-state index is 12.5. The van der Waals surface area contributed by atoms with Gasteiger partial charge in [0, 0.05) is 0 Å². The quantitative estimate of drug-likeness (QED) is 0.0388. The number of carboxylic acids is 2. The second-order valence-corrected chi connectivity index (χ2v) is 15.2. The third-order valence-electron chi connectivity index (χ3n) is 8.82. The van der Waals surface area contributed by atoms with Crippen LogP contribution in [0.3, 0.4) is 0 Å². The summed E-state index contributed by atoms with van der Waals surface area (Å²) in [6, 6.07) is 3.23.